The predicted molar refractivity (Wildman–Crippen MR) is 127 cm³/mol. The van der Waals surface area contributed by atoms with Crippen LogP contribution in [0.4, 0.5) is 0 Å². The number of nitrogens with zero attached hydrogens (tertiary/aromatic N) is 1. The number of hydrogen-bond acceptors (Lipinski definition) is 4. The Morgan fingerprint density at radius 2 is 1.19 bits per heavy atom. The third-order valence-electron chi connectivity index (χ3n) is 5.29. The molecule has 0 fully saturated rings. The van der Waals surface area contributed by atoms with Crippen molar-refractivity contribution in [1.29, 1.82) is 0 Å². The van der Waals surface area contributed by atoms with Gasteiger partial charge >= 0.3 is 29.6 Å². The minimum atomic E-state index is -4.02. The maximum atomic E-state index is 11.5. The molecule has 0 atom stereocenters. The monoisotopic (exact) mass is 467 g/mol. The van der Waals surface area contributed by atoms with Gasteiger partial charge in [0.25, 0.3) is 10.1 Å². The first kappa shape index (κ1) is 33.3. The largest absolute Gasteiger partial charge is 1.00 e. The number of unbranched alkanes of at least 4 members (excludes halogenated alkanes) is 15. The quantitative estimate of drug-likeness (QED) is 0.0661. The fourth-order valence-electron chi connectivity index (χ4n) is 3.42. The molecule has 0 rings (SSSR count). The Morgan fingerprint density at radius 1 is 0.774 bits per heavy atom. The van der Waals surface area contributed by atoms with Crippen LogP contribution in [0, 0.1) is 0 Å². The third kappa shape index (κ3) is 30.1. The summed E-state index contributed by atoms with van der Waals surface area (Å²) >= 11 is 0. The second kappa shape index (κ2) is 24.8. The van der Waals surface area contributed by atoms with E-state index in [0.29, 0.717) is 6.42 Å². The average molecular weight is 468 g/mol. The number of hydrogen-bond donors (Lipinski definition) is 1. The molecule has 0 aromatic carbocycles. The van der Waals surface area contributed by atoms with Crippen LogP contribution in [0.2, 0.25) is 0 Å². The van der Waals surface area contributed by atoms with Gasteiger partial charge in [-0.05, 0) is 44.4 Å². The first-order valence-corrected chi connectivity index (χ1v) is 13.9. The fourth-order valence-corrected chi connectivity index (χ4v) is 3.74. The van der Waals surface area contributed by atoms with Crippen LogP contribution in [-0.4, -0.2) is 31.2 Å². The van der Waals surface area contributed by atoms with Crippen molar-refractivity contribution in [2.75, 3.05) is 12.3 Å². The molecule has 0 aliphatic rings. The van der Waals surface area contributed by atoms with E-state index in [1.807, 2.05) is 0 Å². The van der Waals surface area contributed by atoms with E-state index in [9.17, 15) is 13.5 Å². The summed E-state index contributed by atoms with van der Waals surface area (Å²) in [6.07, 6.45) is 26.5. The van der Waals surface area contributed by atoms with Crippen molar-refractivity contribution in [3.05, 3.63) is 12.2 Å². The first-order valence-electron chi connectivity index (χ1n) is 12.3. The Kier molecular flexibility index (Phi) is 26.6. The van der Waals surface area contributed by atoms with Crippen LogP contribution in [-0.2, 0) is 10.1 Å². The van der Waals surface area contributed by atoms with Crippen molar-refractivity contribution in [3.63, 3.8) is 0 Å². The second-order valence-electron chi connectivity index (χ2n) is 8.31. The van der Waals surface area contributed by atoms with Crippen molar-refractivity contribution in [2.24, 2.45) is 4.99 Å². The van der Waals surface area contributed by atoms with Crippen LogP contribution in [0.3, 0.4) is 0 Å². The normalized spacial score (nSPS) is 12.4. The van der Waals surface area contributed by atoms with Gasteiger partial charge < -0.3 is 10.1 Å². The molecule has 1 N–H and O–H groups in total. The fraction of sp³-hybridized carbons (Fsp3) is 0.875. The summed E-state index contributed by atoms with van der Waals surface area (Å²) in [7, 11) is -4.02. The zero-order valence-corrected chi connectivity index (χ0v) is 23.1. The molecule has 0 spiro atoms. The van der Waals surface area contributed by atoms with Gasteiger partial charge in [-0.3, -0.25) is 4.55 Å². The van der Waals surface area contributed by atoms with Crippen molar-refractivity contribution in [3.8, 4) is 0 Å². The van der Waals surface area contributed by atoms with Gasteiger partial charge in [-0.25, -0.2) is 0 Å². The molecule has 0 saturated heterocycles. The van der Waals surface area contributed by atoms with Crippen LogP contribution >= 0.6 is 0 Å². The predicted octanol–water partition coefficient (Wildman–Crippen LogP) is 3.23. The zero-order chi connectivity index (χ0) is 22.3. The van der Waals surface area contributed by atoms with E-state index in [2.05, 4.69) is 24.1 Å². The standard InChI is InChI=1S/C24H47NO4S.Na/c1-2-3-4-5-6-7-8-9-10-11-12-13-14-15-16-17-18-19-20-21-24(26)25-22-23-30(27,28)29;/h9-10H,2-8,11-23H2,1H3,(H,25,26)(H,27,28,29);/q;+1/p-1/b10-9+;. The Morgan fingerprint density at radius 3 is 1.65 bits per heavy atom. The summed E-state index contributed by atoms with van der Waals surface area (Å²) in [5.74, 6) is -0.742. The van der Waals surface area contributed by atoms with E-state index >= 15 is 0 Å². The van der Waals surface area contributed by atoms with Crippen molar-refractivity contribution < 1.29 is 47.6 Å². The van der Waals surface area contributed by atoms with Gasteiger partial charge in [0.1, 0.15) is 0 Å². The molecule has 0 aromatic rings. The van der Waals surface area contributed by atoms with Crippen molar-refractivity contribution in [1.82, 2.24) is 0 Å². The van der Waals surface area contributed by atoms with Crippen molar-refractivity contribution in [2.45, 2.75) is 122 Å². The third-order valence-corrected chi connectivity index (χ3v) is 5.99. The SMILES string of the molecule is CCCCCCCC/C=C/CCCCCCCCCCCC([O-])=NCCS(=O)(=O)O.[Na+]. The van der Waals surface area contributed by atoms with Gasteiger partial charge in [0.15, 0.2) is 0 Å². The van der Waals surface area contributed by atoms with E-state index in [4.69, 9.17) is 4.55 Å². The second-order valence-corrected chi connectivity index (χ2v) is 9.88. The molecule has 0 amide bonds. The Hall–Kier alpha value is 0.120. The zero-order valence-electron chi connectivity index (χ0n) is 20.3. The molecule has 5 nitrogen and oxygen atoms in total. The molecule has 0 saturated carbocycles. The minimum Gasteiger partial charge on any atom is -0.862 e. The molecular formula is C24H46NNaO4S. The van der Waals surface area contributed by atoms with Gasteiger partial charge in [0, 0.05) is 0 Å². The van der Waals surface area contributed by atoms with Crippen molar-refractivity contribution >= 4 is 16.0 Å². The Labute approximate surface area is 214 Å². The van der Waals surface area contributed by atoms with Crippen LogP contribution in [0.15, 0.2) is 17.1 Å². The summed E-state index contributed by atoms with van der Waals surface area (Å²) in [5.41, 5.74) is 0. The van der Waals surface area contributed by atoms with E-state index in [1.165, 1.54) is 89.9 Å². The van der Waals surface area contributed by atoms with Crippen LogP contribution in [0.5, 0.6) is 0 Å². The van der Waals surface area contributed by atoms with Gasteiger partial charge in [0.2, 0.25) is 0 Å². The Bertz CT molecular complexity index is 536. The number of aliphatic imine (C=N–C) groups is 1. The maximum Gasteiger partial charge on any atom is 1.00 e. The van der Waals surface area contributed by atoms with Crippen LogP contribution < -0.4 is 34.7 Å². The molecule has 178 valence electrons. The molecule has 0 bridgehead atoms. The van der Waals surface area contributed by atoms with Gasteiger partial charge in [-0.15, -0.1) is 0 Å². The van der Waals surface area contributed by atoms with Crippen LogP contribution in [0.1, 0.15) is 122 Å². The van der Waals surface area contributed by atoms with Crippen LogP contribution in [0.25, 0.3) is 0 Å². The number of allylic oxidation sites excluding steroid dienone is 2. The van der Waals surface area contributed by atoms with E-state index in [0.717, 1.165) is 19.3 Å². The molecule has 0 aliphatic heterocycles. The van der Waals surface area contributed by atoms with E-state index < -0.39 is 15.9 Å². The average Bonchev–Trinajstić information content (AvgIpc) is 2.68. The smallest absolute Gasteiger partial charge is 0.862 e. The molecule has 0 aromatic heterocycles. The van der Waals surface area contributed by atoms with Gasteiger partial charge in [-0.1, -0.05) is 96.1 Å². The molecule has 0 radical (unpaired) electrons. The molecule has 0 unspecified atom stereocenters. The topological polar surface area (TPSA) is 89.8 Å². The van der Waals surface area contributed by atoms with E-state index in [-0.39, 0.29) is 42.0 Å². The molecule has 7 heteroatoms. The number of rotatable bonds is 22. The summed E-state index contributed by atoms with van der Waals surface area (Å²) in [5, 5.41) is 11.5. The van der Waals surface area contributed by atoms with Gasteiger partial charge in [-0.2, -0.15) is 8.42 Å². The molecular weight excluding hydrogens is 421 g/mol. The van der Waals surface area contributed by atoms with Gasteiger partial charge in [0.05, 0.1) is 12.3 Å². The summed E-state index contributed by atoms with van der Waals surface area (Å²) < 4.78 is 29.6. The summed E-state index contributed by atoms with van der Waals surface area (Å²) in [4.78, 5) is 3.64. The molecule has 0 heterocycles. The van der Waals surface area contributed by atoms with E-state index in [1.54, 1.807) is 0 Å². The first-order chi connectivity index (χ1) is 14.5. The summed E-state index contributed by atoms with van der Waals surface area (Å²) in [6.45, 7) is 2.12. The summed E-state index contributed by atoms with van der Waals surface area (Å²) in [6, 6.07) is 0. The minimum absolute atomic E-state index is 0. The molecule has 0 aliphatic carbocycles. The Balaban J connectivity index is 0. The maximum absolute atomic E-state index is 11.5. The molecule has 31 heavy (non-hydrogen) atoms.